The molecule has 0 aliphatic carbocycles. The highest BCUT2D eigenvalue weighted by Gasteiger charge is 2.40. The van der Waals surface area contributed by atoms with Crippen LogP contribution in [0.25, 0.3) is 0 Å². The molecule has 0 spiro atoms. The molecule has 3 nitrogen and oxygen atoms in total. The minimum absolute atomic E-state index is 0.117. The summed E-state index contributed by atoms with van der Waals surface area (Å²) in [5, 5.41) is 8.91. The number of epoxide rings is 1. The molecule has 0 amide bonds. The monoisotopic (exact) mass is 272 g/mol. The Morgan fingerprint density at radius 1 is 1.22 bits per heavy atom. The van der Waals surface area contributed by atoms with Gasteiger partial charge in [-0.25, -0.2) is 0 Å². The number of hydrogen-bond donors (Lipinski definition) is 1. The minimum atomic E-state index is -1.60. The van der Waals surface area contributed by atoms with Gasteiger partial charge in [-0.3, -0.25) is 0 Å². The van der Waals surface area contributed by atoms with Gasteiger partial charge in [-0.2, -0.15) is 0 Å². The van der Waals surface area contributed by atoms with Crippen molar-refractivity contribution in [2.45, 2.75) is 64.0 Å². The summed E-state index contributed by atoms with van der Waals surface area (Å²) >= 11 is 0. The molecule has 1 heterocycles. The van der Waals surface area contributed by atoms with Gasteiger partial charge in [-0.1, -0.05) is 32.9 Å². The number of hydrogen-bond acceptors (Lipinski definition) is 3. The zero-order valence-corrected chi connectivity index (χ0v) is 13.4. The Labute approximate surface area is 112 Å². The van der Waals surface area contributed by atoms with Crippen LogP contribution in [0.1, 0.15) is 33.6 Å². The highest BCUT2D eigenvalue weighted by Crippen LogP contribution is 2.37. The van der Waals surface area contributed by atoms with Gasteiger partial charge in [-0.05, 0) is 31.0 Å². The summed E-state index contributed by atoms with van der Waals surface area (Å²) in [7, 11) is -1.60. The third-order valence-electron chi connectivity index (χ3n) is 4.00. The Balaban J connectivity index is 2.15. The summed E-state index contributed by atoms with van der Waals surface area (Å²) in [5.41, 5.74) is 0. The molecule has 0 aromatic heterocycles. The van der Waals surface area contributed by atoms with Gasteiger partial charge in [0.25, 0.3) is 0 Å². The van der Waals surface area contributed by atoms with Crippen molar-refractivity contribution in [3.05, 3.63) is 12.2 Å². The second-order valence-corrected chi connectivity index (χ2v) is 11.3. The molecule has 0 radical (unpaired) electrons. The van der Waals surface area contributed by atoms with E-state index in [1.807, 2.05) is 6.08 Å². The number of rotatable bonds is 7. The van der Waals surface area contributed by atoms with Gasteiger partial charge in [0.05, 0.1) is 18.8 Å². The van der Waals surface area contributed by atoms with Gasteiger partial charge in [0, 0.05) is 6.61 Å². The maximum Gasteiger partial charge on any atom is 0.191 e. The second kappa shape index (κ2) is 6.33. The first-order valence-electron chi connectivity index (χ1n) is 6.83. The lowest BCUT2D eigenvalue weighted by Crippen LogP contribution is -2.41. The normalized spacial score (nSPS) is 24.8. The van der Waals surface area contributed by atoms with Crippen LogP contribution in [0.4, 0.5) is 0 Å². The lowest BCUT2D eigenvalue weighted by atomic mass is 10.2. The highest BCUT2D eigenvalue weighted by molar-refractivity contribution is 6.74. The van der Waals surface area contributed by atoms with Crippen molar-refractivity contribution in [2.24, 2.45) is 0 Å². The van der Waals surface area contributed by atoms with Crippen LogP contribution in [0.2, 0.25) is 18.1 Å². The fourth-order valence-electron chi connectivity index (χ4n) is 1.59. The lowest BCUT2D eigenvalue weighted by molar-refractivity contribution is 0.260. The summed E-state index contributed by atoms with van der Waals surface area (Å²) in [4.78, 5) is 0. The smallest absolute Gasteiger partial charge is 0.191 e. The van der Waals surface area contributed by atoms with Crippen molar-refractivity contribution in [1.29, 1.82) is 0 Å². The molecule has 0 aromatic carbocycles. The molecule has 106 valence electrons. The number of aliphatic hydroxyl groups is 1. The molecular formula is C14H28O3Si. The quantitative estimate of drug-likeness (QED) is 0.440. The largest absolute Gasteiger partial charge is 0.417 e. The molecular weight excluding hydrogens is 244 g/mol. The van der Waals surface area contributed by atoms with Crippen molar-refractivity contribution < 1.29 is 14.3 Å². The SMILES string of the molecule is CC(C)(C)[Si](C)(C)OCC[C@H]1O[C@H]1CC=CCO. The molecule has 0 bridgehead atoms. The maximum atomic E-state index is 8.63. The summed E-state index contributed by atoms with van der Waals surface area (Å²) in [6.07, 6.45) is 6.36. The third-order valence-corrected chi connectivity index (χ3v) is 8.54. The predicted molar refractivity (Wildman–Crippen MR) is 77.3 cm³/mol. The fourth-order valence-corrected chi connectivity index (χ4v) is 2.65. The van der Waals surface area contributed by atoms with E-state index in [0.717, 1.165) is 19.4 Å². The standard InChI is InChI=1S/C14H28O3Si/c1-14(2,3)18(4,5)16-11-9-13-12(17-13)8-6-7-10-15/h6-7,12-13,15H,8-11H2,1-5H3/t12-,13+/m0/s1. The van der Waals surface area contributed by atoms with Gasteiger partial charge in [0.15, 0.2) is 8.32 Å². The minimum Gasteiger partial charge on any atom is -0.417 e. The van der Waals surface area contributed by atoms with E-state index in [1.54, 1.807) is 6.08 Å². The predicted octanol–water partition coefficient (Wildman–Crippen LogP) is 3.10. The van der Waals surface area contributed by atoms with E-state index in [2.05, 4.69) is 33.9 Å². The first-order valence-corrected chi connectivity index (χ1v) is 9.74. The van der Waals surface area contributed by atoms with E-state index in [1.165, 1.54) is 0 Å². The van der Waals surface area contributed by atoms with E-state index in [9.17, 15) is 0 Å². The highest BCUT2D eigenvalue weighted by atomic mass is 28.4. The molecule has 0 saturated carbocycles. The average molecular weight is 272 g/mol. The van der Waals surface area contributed by atoms with Crippen molar-refractivity contribution in [2.75, 3.05) is 13.2 Å². The molecule has 0 unspecified atom stereocenters. The Morgan fingerprint density at radius 3 is 2.44 bits per heavy atom. The molecule has 18 heavy (non-hydrogen) atoms. The first-order chi connectivity index (χ1) is 8.28. The lowest BCUT2D eigenvalue weighted by Gasteiger charge is -2.36. The van der Waals surface area contributed by atoms with Gasteiger partial charge in [0.1, 0.15) is 0 Å². The second-order valence-electron chi connectivity index (χ2n) is 6.50. The molecule has 1 saturated heterocycles. The van der Waals surface area contributed by atoms with Crippen molar-refractivity contribution in [1.82, 2.24) is 0 Å². The van der Waals surface area contributed by atoms with Crippen LogP contribution in [0.15, 0.2) is 12.2 Å². The zero-order chi connectivity index (χ0) is 13.8. The summed E-state index contributed by atoms with van der Waals surface area (Å²) in [6, 6.07) is 0. The molecule has 1 fully saturated rings. The Hall–Kier alpha value is -0.163. The molecule has 1 N–H and O–H groups in total. The van der Waals surface area contributed by atoms with Crippen molar-refractivity contribution in [3.63, 3.8) is 0 Å². The average Bonchev–Trinajstić information content (AvgIpc) is 2.95. The van der Waals surface area contributed by atoms with Crippen LogP contribution in [0.3, 0.4) is 0 Å². The molecule has 1 aliphatic heterocycles. The number of ether oxygens (including phenoxy) is 1. The van der Waals surface area contributed by atoms with E-state index >= 15 is 0 Å². The molecule has 2 atom stereocenters. The van der Waals surface area contributed by atoms with Gasteiger partial charge >= 0.3 is 0 Å². The topological polar surface area (TPSA) is 42.0 Å². The summed E-state index contributed by atoms with van der Waals surface area (Å²) in [5.74, 6) is 0. The van der Waals surface area contributed by atoms with E-state index < -0.39 is 8.32 Å². The summed E-state index contributed by atoms with van der Waals surface area (Å²) in [6.45, 7) is 12.3. The van der Waals surface area contributed by atoms with E-state index in [-0.39, 0.29) is 11.6 Å². The van der Waals surface area contributed by atoms with Gasteiger partial charge in [-0.15, -0.1) is 0 Å². The Kier molecular flexibility index (Phi) is 5.59. The Morgan fingerprint density at radius 2 is 1.89 bits per heavy atom. The van der Waals surface area contributed by atoms with Crippen LogP contribution in [0.5, 0.6) is 0 Å². The first kappa shape index (κ1) is 15.9. The van der Waals surface area contributed by atoms with E-state index in [0.29, 0.717) is 12.2 Å². The zero-order valence-electron chi connectivity index (χ0n) is 12.4. The van der Waals surface area contributed by atoms with Crippen LogP contribution < -0.4 is 0 Å². The molecule has 1 rings (SSSR count). The molecule has 4 heteroatoms. The van der Waals surface area contributed by atoms with Crippen LogP contribution in [0, 0.1) is 0 Å². The third kappa shape index (κ3) is 4.84. The fraction of sp³-hybridized carbons (Fsp3) is 0.857. The van der Waals surface area contributed by atoms with Crippen molar-refractivity contribution in [3.8, 4) is 0 Å². The molecule has 1 aliphatic rings. The van der Waals surface area contributed by atoms with Crippen LogP contribution in [-0.2, 0) is 9.16 Å². The van der Waals surface area contributed by atoms with Crippen LogP contribution >= 0.6 is 0 Å². The van der Waals surface area contributed by atoms with Gasteiger partial charge in [0.2, 0.25) is 0 Å². The Bertz CT molecular complexity index is 281. The van der Waals surface area contributed by atoms with Gasteiger partial charge < -0.3 is 14.3 Å². The maximum absolute atomic E-state index is 8.63. The molecule has 0 aromatic rings. The number of aliphatic hydroxyl groups excluding tert-OH is 1. The van der Waals surface area contributed by atoms with E-state index in [4.69, 9.17) is 14.3 Å². The summed E-state index contributed by atoms with van der Waals surface area (Å²) < 4.78 is 11.7. The van der Waals surface area contributed by atoms with Crippen molar-refractivity contribution >= 4 is 8.32 Å². The van der Waals surface area contributed by atoms with Crippen LogP contribution in [-0.4, -0.2) is 38.8 Å².